The van der Waals surface area contributed by atoms with Crippen LogP contribution >= 0.6 is 0 Å². The number of hydrogen-bond acceptors (Lipinski definition) is 3. The van der Waals surface area contributed by atoms with Crippen LogP contribution in [0.4, 0.5) is 4.79 Å². The number of primary amides is 1. The van der Waals surface area contributed by atoms with Crippen LogP contribution in [0.3, 0.4) is 0 Å². The monoisotopic (exact) mass is 273 g/mol. The fourth-order valence-electron chi connectivity index (χ4n) is 1.58. The Morgan fingerprint density at radius 2 is 1.89 bits per heavy atom. The van der Waals surface area contributed by atoms with Crippen molar-refractivity contribution in [3.05, 3.63) is 0 Å². The standard InChI is InChI=1S/C12H23N3O4/c1-2-3-4-7-10(16)15-9(11(17)18)6-5-8-14-12(13)19/h9H,2-8H2,1H3,(H,15,16)(H,17,18)(H3,13,14,19)/t9-/m0/s1. The normalized spacial score (nSPS) is 11.6. The van der Waals surface area contributed by atoms with E-state index in [-0.39, 0.29) is 12.3 Å². The lowest BCUT2D eigenvalue weighted by Gasteiger charge is -2.14. The number of nitrogens with one attached hydrogen (secondary N) is 2. The van der Waals surface area contributed by atoms with Crippen molar-refractivity contribution in [2.75, 3.05) is 6.54 Å². The molecule has 0 aromatic heterocycles. The number of carbonyl (C=O) groups excluding carboxylic acids is 2. The van der Waals surface area contributed by atoms with E-state index in [0.29, 0.717) is 19.4 Å². The molecule has 5 N–H and O–H groups in total. The maximum absolute atomic E-state index is 11.5. The van der Waals surface area contributed by atoms with E-state index in [2.05, 4.69) is 10.6 Å². The Morgan fingerprint density at radius 1 is 1.21 bits per heavy atom. The molecule has 1 atom stereocenters. The molecule has 0 unspecified atom stereocenters. The van der Waals surface area contributed by atoms with E-state index in [4.69, 9.17) is 10.8 Å². The smallest absolute Gasteiger partial charge is 0.326 e. The second kappa shape index (κ2) is 10.2. The van der Waals surface area contributed by atoms with Gasteiger partial charge in [0.15, 0.2) is 0 Å². The first-order valence-electron chi connectivity index (χ1n) is 6.52. The number of aliphatic carboxylic acids is 1. The molecule has 0 rings (SSSR count). The first-order valence-corrected chi connectivity index (χ1v) is 6.52. The van der Waals surface area contributed by atoms with Gasteiger partial charge < -0.3 is 21.5 Å². The minimum absolute atomic E-state index is 0.247. The van der Waals surface area contributed by atoms with Crippen molar-refractivity contribution in [3.8, 4) is 0 Å². The number of rotatable bonds is 10. The molecule has 110 valence electrons. The summed E-state index contributed by atoms with van der Waals surface area (Å²) in [4.78, 5) is 32.9. The number of hydrogen-bond donors (Lipinski definition) is 4. The van der Waals surface area contributed by atoms with E-state index >= 15 is 0 Å². The number of amides is 3. The van der Waals surface area contributed by atoms with Crippen molar-refractivity contribution in [1.29, 1.82) is 0 Å². The average molecular weight is 273 g/mol. The molecule has 0 aromatic rings. The van der Waals surface area contributed by atoms with Gasteiger partial charge in [0.25, 0.3) is 0 Å². The van der Waals surface area contributed by atoms with Gasteiger partial charge in [-0.3, -0.25) is 4.79 Å². The quantitative estimate of drug-likeness (QED) is 0.435. The van der Waals surface area contributed by atoms with E-state index in [1.54, 1.807) is 0 Å². The molecule has 0 saturated carbocycles. The largest absolute Gasteiger partial charge is 0.480 e. The third kappa shape index (κ3) is 9.87. The molecule has 0 radical (unpaired) electrons. The van der Waals surface area contributed by atoms with Crippen LogP contribution in [0.1, 0.15) is 45.4 Å². The Balaban J connectivity index is 3.94. The SMILES string of the molecule is CCCCCC(=O)N[C@@H](CCCNC(N)=O)C(=O)O. The van der Waals surface area contributed by atoms with Crippen LogP contribution < -0.4 is 16.4 Å². The second-order valence-corrected chi connectivity index (χ2v) is 4.35. The molecular formula is C12H23N3O4. The van der Waals surface area contributed by atoms with E-state index in [1.165, 1.54) is 0 Å². The number of carboxylic acid groups (broad SMARTS) is 1. The summed E-state index contributed by atoms with van der Waals surface area (Å²) in [5.41, 5.74) is 4.88. The van der Waals surface area contributed by atoms with Crippen LogP contribution in [0, 0.1) is 0 Å². The highest BCUT2D eigenvalue weighted by molar-refractivity contribution is 5.83. The molecule has 0 bridgehead atoms. The fourth-order valence-corrected chi connectivity index (χ4v) is 1.58. The zero-order valence-electron chi connectivity index (χ0n) is 11.3. The van der Waals surface area contributed by atoms with Gasteiger partial charge >= 0.3 is 12.0 Å². The summed E-state index contributed by atoms with van der Waals surface area (Å²) in [5, 5.41) is 13.8. The third-order valence-corrected chi connectivity index (χ3v) is 2.61. The van der Waals surface area contributed by atoms with Crippen LogP contribution in [0.25, 0.3) is 0 Å². The molecule has 0 aliphatic heterocycles. The fraction of sp³-hybridized carbons (Fsp3) is 0.750. The molecule has 3 amide bonds. The van der Waals surface area contributed by atoms with Crippen LogP contribution in [0.15, 0.2) is 0 Å². The van der Waals surface area contributed by atoms with Crippen molar-refractivity contribution in [1.82, 2.24) is 10.6 Å². The molecule has 0 saturated heterocycles. The van der Waals surface area contributed by atoms with Gasteiger partial charge in [0.1, 0.15) is 6.04 Å². The highest BCUT2D eigenvalue weighted by Gasteiger charge is 2.18. The Labute approximate surface area is 112 Å². The Bertz CT molecular complexity index is 307. The topological polar surface area (TPSA) is 122 Å². The highest BCUT2D eigenvalue weighted by Crippen LogP contribution is 2.02. The molecule has 0 heterocycles. The molecule has 7 heteroatoms. The van der Waals surface area contributed by atoms with Crippen molar-refractivity contribution in [2.45, 2.75) is 51.5 Å². The summed E-state index contributed by atoms with van der Waals surface area (Å²) in [7, 11) is 0. The van der Waals surface area contributed by atoms with Gasteiger partial charge in [0, 0.05) is 13.0 Å². The zero-order chi connectivity index (χ0) is 14.7. The minimum Gasteiger partial charge on any atom is -0.480 e. The lowest BCUT2D eigenvalue weighted by atomic mass is 10.1. The summed E-state index contributed by atoms with van der Waals surface area (Å²) in [6.07, 6.45) is 3.77. The van der Waals surface area contributed by atoms with Gasteiger partial charge in [-0.2, -0.15) is 0 Å². The number of carboxylic acids is 1. The zero-order valence-corrected chi connectivity index (χ0v) is 11.3. The third-order valence-electron chi connectivity index (χ3n) is 2.61. The molecular weight excluding hydrogens is 250 g/mol. The summed E-state index contributed by atoms with van der Waals surface area (Å²) in [6.45, 7) is 2.33. The van der Waals surface area contributed by atoms with Gasteiger partial charge in [0.05, 0.1) is 0 Å². The molecule has 0 aromatic carbocycles. The maximum Gasteiger partial charge on any atom is 0.326 e. The highest BCUT2D eigenvalue weighted by atomic mass is 16.4. The Morgan fingerprint density at radius 3 is 2.42 bits per heavy atom. The number of urea groups is 1. The maximum atomic E-state index is 11.5. The van der Waals surface area contributed by atoms with Crippen LogP contribution in [-0.2, 0) is 9.59 Å². The van der Waals surface area contributed by atoms with Gasteiger partial charge in [-0.05, 0) is 19.3 Å². The predicted molar refractivity (Wildman–Crippen MR) is 70.5 cm³/mol. The van der Waals surface area contributed by atoms with E-state index in [0.717, 1.165) is 19.3 Å². The van der Waals surface area contributed by atoms with Gasteiger partial charge in [0.2, 0.25) is 5.91 Å². The molecule has 0 fully saturated rings. The Hall–Kier alpha value is -1.79. The van der Waals surface area contributed by atoms with Crippen LogP contribution in [0.5, 0.6) is 0 Å². The molecule has 19 heavy (non-hydrogen) atoms. The number of unbranched alkanes of at least 4 members (excludes halogenated alkanes) is 2. The summed E-state index contributed by atoms with van der Waals surface area (Å²) >= 11 is 0. The predicted octanol–water partition coefficient (Wildman–Crippen LogP) is 0.585. The Kier molecular flexibility index (Phi) is 9.20. The van der Waals surface area contributed by atoms with E-state index in [9.17, 15) is 14.4 Å². The lowest BCUT2D eigenvalue weighted by molar-refractivity contribution is -0.142. The first kappa shape index (κ1) is 17.2. The second-order valence-electron chi connectivity index (χ2n) is 4.35. The molecule has 0 aliphatic carbocycles. The van der Waals surface area contributed by atoms with Gasteiger partial charge in [-0.15, -0.1) is 0 Å². The summed E-state index contributed by atoms with van der Waals surface area (Å²) < 4.78 is 0. The summed E-state index contributed by atoms with van der Waals surface area (Å²) in [6, 6.07) is -1.56. The van der Waals surface area contributed by atoms with E-state index < -0.39 is 18.0 Å². The van der Waals surface area contributed by atoms with Crippen molar-refractivity contribution in [2.24, 2.45) is 5.73 Å². The van der Waals surface area contributed by atoms with Crippen molar-refractivity contribution in [3.63, 3.8) is 0 Å². The summed E-state index contributed by atoms with van der Waals surface area (Å²) in [5.74, 6) is -1.31. The lowest BCUT2D eigenvalue weighted by Crippen LogP contribution is -2.41. The minimum atomic E-state index is -1.07. The van der Waals surface area contributed by atoms with Crippen molar-refractivity contribution < 1.29 is 19.5 Å². The molecule has 7 nitrogen and oxygen atoms in total. The van der Waals surface area contributed by atoms with Crippen LogP contribution in [0.2, 0.25) is 0 Å². The van der Waals surface area contributed by atoms with Crippen molar-refractivity contribution >= 4 is 17.9 Å². The van der Waals surface area contributed by atoms with Crippen LogP contribution in [-0.4, -0.2) is 35.6 Å². The number of nitrogens with two attached hydrogens (primary N) is 1. The molecule has 0 spiro atoms. The number of carbonyl (C=O) groups is 3. The van der Waals surface area contributed by atoms with Gasteiger partial charge in [-0.1, -0.05) is 19.8 Å². The van der Waals surface area contributed by atoms with Gasteiger partial charge in [-0.25, -0.2) is 9.59 Å². The first-order chi connectivity index (χ1) is 8.97. The van der Waals surface area contributed by atoms with E-state index in [1.807, 2.05) is 6.92 Å². The molecule has 0 aliphatic rings. The average Bonchev–Trinajstić information content (AvgIpc) is 2.32.